The lowest BCUT2D eigenvalue weighted by Gasteiger charge is -2.25. The minimum atomic E-state index is -0.0677. The number of hydrogen-bond acceptors (Lipinski definition) is 2. The summed E-state index contributed by atoms with van der Waals surface area (Å²) >= 11 is 0. The van der Waals surface area contributed by atoms with Crippen LogP contribution < -0.4 is 5.32 Å². The van der Waals surface area contributed by atoms with Crippen molar-refractivity contribution in [1.82, 2.24) is 5.32 Å². The van der Waals surface area contributed by atoms with E-state index in [1.807, 2.05) is 0 Å². The molecule has 0 bridgehead atoms. The van der Waals surface area contributed by atoms with E-state index < -0.39 is 0 Å². The van der Waals surface area contributed by atoms with Gasteiger partial charge in [0, 0.05) is 13.1 Å². The molecule has 0 aromatic carbocycles. The van der Waals surface area contributed by atoms with Crippen LogP contribution >= 0.6 is 0 Å². The van der Waals surface area contributed by atoms with Crippen LogP contribution in [0.1, 0.15) is 38.5 Å². The molecule has 2 fully saturated rings. The third kappa shape index (κ3) is 2.44. The van der Waals surface area contributed by atoms with Crippen molar-refractivity contribution in [2.24, 2.45) is 11.8 Å². The molecule has 1 heterocycles. The highest BCUT2D eigenvalue weighted by Crippen LogP contribution is 2.30. The smallest absolute Gasteiger partial charge is 0.0704 e. The summed E-state index contributed by atoms with van der Waals surface area (Å²) in [4.78, 5) is 0. The van der Waals surface area contributed by atoms with E-state index >= 15 is 0 Å². The summed E-state index contributed by atoms with van der Waals surface area (Å²) in [6, 6.07) is 0. The molecule has 2 heteroatoms. The summed E-state index contributed by atoms with van der Waals surface area (Å²) in [6.45, 7) is 1.86. The maximum Gasteiger partial charge on any atom is 0.0704 e. The standard InChI is InChI=1S/C11H21NO/c13-11-8-12-7-10(11)6-9-4-2-1-3-5-9/h9-13H,1-8H2. The Labute approximate surface area is 80.7 Å². The first-order valence-electron chi connectivity index (χ1n) is 5.75. The van der Waals surface area contributed by atoms with Crippen LogP contribution in [0.25, 0.3) is 0 Å². The number of aliphatic hydroxyl groups is 1. The molecule has 2 rings (SSSR count). The van der Waals surface area contributed by atoms with Gasteiger partial charge >= 0.3 is 0 Å². The van der Waals surface area contributed by atoms with Gasteiger partial charge < -0.3 is 10.4 Å². The average molecular weight is 183 g/mol. The normalized spacial score (nSPS) is 36.7. The van der Waals surface area contributed by atoms with Crippen molar-refractivity contribution in [3.8, 4) is 0 Å². The van der Waals surface area contributed by atoms with Gasteiger partial charge in [-0.2, -0.15) is 0 Å². The van der Waals surface area contributed by atoms with E-state index in [2.05, 4.69) is 5.32 Å². The lowest BCUT2D eigenvalue weighted by molar-refractivity contribution is 0.125. The molecule has 2 unspecified atom stereocenters. The molecule has 76 valence electrons. The van der Waals surface area contributed by atoms with Crippen molar-refractivity contribution in [3.63, 3.8) is 0 Å². The molecule has 1 saturated heterocycles. The first-order chi connectivity index (χ1) is 6.36. The number of rotatable bonds is 2. The van der Waals surface area contributed by atoms with E-state index in [1.165, 1.54) is 38.5 Å². The van der Waals surface area contributed by atoms with Gasteiger partial charge in [0.2, 0.25) is 0 Å². The Morgan fingerprint density at radius 3 is 2.46 bits per heavy atom. The largest absolute Gasteiger partial charge is 0.391 e. The van der Waals surface area contributed by atoms with Gasteiger partial charge in [0.05, 0.1) is 6.10 Å². The average Bonchev–Trinajstić information content (AvgIpc) is 2.54. The topological polar surface area (TPSA) is 32.3 Å². The fourth-order valence-corrected chi connectivity index (χ4v) is 2.81. The van der Waals surface area contributed by atoms with Crippen molar-refractivity contribution in [1.29, 1.82) is 0 Å². The number of aliphatic hydroxyl groups excluding tert-OH is 1. The van der Waals surface area contributed by atoms with E-state index in [0.29, 0.717) is 5.92 Å². The van der Waals surface area contributed by atoms with Gasteiger partial charge in [0.25, 0.3) is 0 Å². The Bertz CT molecular complexity index is 154. The van der Waals surface area contributed by atoms with Crippen LogP contribution in [-0.2, 0) is 0 Å². The van der Waals surface area contributed by atoms with Gasteiger partial charge in [0.1, 0.15) is 0 Å². The molecule has 2 atom stereocenters. The van der Waals surface area contributed by atoms with E-state index in [0.717, 1.165) is 19.0 Å². The Hall–Kier alpha value is -0.0800. The van der Waals surface area contributed by atoms with Gasteiger partial charge in [-0.05, 0) is 18.3 Å². The van der Waals surface area contributed by atoms with E-state index in [9.17, 15) is 5.11 Å². The van der Waals surface area contributed by atoms with Crippen LogP contribution in [-0.4, -0.2) is 24.3 Å². The zero-order chi connectivity index (χ0) is 9.10. The number of nitrogens with one attached hydrogen (secondary N) is 1. The molecule has 2 nitrogen and oxygen atoms in total. The molecule has 13 heavy (non-hydrogen) atoms. The number of hydrogen-bond donors (Lipinski definition) is 2. The van der Waals surface area contributed by atoms with Crippen molar-refractivity contribution < 1.29 is 5.11 Å². The van der Waals surface area contributed by atoms with Gasteiger partial charge in [-0.3, -0.25) is 0 Å². The van der Waals surface area contributed by atoms with Crippen molar-refractivity contribution in [3.05, 3.63) is 0 Å². The first-order valence-corrected chi connectivity index (χ1v) is 5.75. The molecule has 0 amide bonds. The van der Waals surface area contributed by atoms with Crippen LogP contribution in [0.3, 0.4) is 0 Å². The first kappa shape index (κ1) is 9.47. The monoisotopic (exact) mass is 183 g/mol. The second kappa shape index (κ2) is 4.43. The highest BCUT2D eigenvalue weighted by molar-refractivity contribution is 4.83. The lowest BCUT2D eigenvalue weighted by Crippen LogP contribution is -2.22. The van der Waals surface area contributed by atoms with Crippen LogP contribution in [0, 0.1) is 11.8 Å². The van der Waals surface area contributed by atoms with Crippen LogP contribution in [0.5, 0.6) is 0 Å². The maximum absolute atomic E-state index is 9.66. The highest BCUT2D eigenvalue weighted by Gasteiger charge is 2.27. The van der Waals surface area contributed by atoms with Crippen molar-refractivity contribution in [2.75, 3.05) is 13.1 Å². The number of β-amino-alcohol motifs (C(OH)–C–C–N with tert-alkyl or cyclic N) is 1. The molecule has 0 spiro atoms. The molecule has 1 aliphatic heterocycles. The third-order valence-corrected chi connectivity index (χ3v) is 3.66. The summed E-state index contributed by atoms with van der Waals surface area (Å²) in [7, 11) is 0. The summed E-state index contributed by atoms with van der Waals surface area (Å²) in [5, 5.41) is 12.9. The molecule has 0 aromatic rings. The molecular weight excluding hydrogens is 162 g/mol. The highest BCUT2D eigenvalue weighted by atomic mass is 16.3. The molecule has 0 aromatic heterocycles. The summed E-state index contributed by atoms with van der Waals surface area (Å²) in [6.07, 6.45) is 8.27. The van der Waals surface area contributed by atoms with Crippen LogP contribution in [0.4, 0.5) is 0 Å². The SMILES string of the molecule is OC1CNCC1CC1CCCCC1. The van der Waals surface area contributed by atoms with E-state index in [-0.39, 0.29) is 6.10 Å². The fraction of sp³-hybridized carbons (Fsp3) is 1.00. The second-order valence-corrected chi connectivity index (χ2v) is 4.73. The van der Waals surface area contributed by atoms with Gasteiger partial charge in [-0.25, -0.2) is 0 Å². The predicted octanol–water partition coefficient (Wildman–Crippen LogP) is 1.54. The Kier molecular flexibility index (Phi) is 3.23. The summed E-state index contributed by atoms with van der Waals surface area (Å²) in [5.74, 6) is 1.45. The maximum atomic E-state index is 9.66. The van der Waals surface area contributed by atoms with Crippen molar-refractivity contribution >= 4 is 0 Å². The predicted molar refractivity (Wildman–Crippen MR) is 53.6 cm³/mol. The van der Waals surface area contributed by atoms with Crippen LogP contribution in [0.2, 0.25) is 0 Å². The second-order valence-electron chi connectivity index (χ2n) is 4.73. The molecule has 1 aliphatic carbocycles. The molecule has 2 N–H and O–H groups in total. The van der Waals surface area contributed by atoms with Gasteiger partial charge in [0.15, 0.2) is 0 Å². The Balaban J connectivity index is 1.75. The summed E-state index contributed by atoms with van der Waals surface area (Å²) < 4.78 is 0. The Morgan fingerprint density at radius 1 is 1.08 bits per heavy atom. The van der Waals surface area contributed by atoms with Gasteiger partial charge in [-0.15, -0.1) is 0 Å². The molecular formula is C11H21NO. The molecule has 1 saturated carbocycles. The van der Waals surface area contributed by atoms with E-state index in [1.54, 1.807) is 0 Å². The fourth-order valence-electron chi connectivity index (χ4n) is 2.81. The summed E-state index contributed by atoms with van der Waals surface area (Å²) in [5.41, 5.74) is 0. The Morgan fingerprint density at radius 2 is 1.85 bits per heavy atom. The molecule has 0 radical (unpaired) electrons. The van der Waals surface area contributed by atoms with Crippen LogP contribution in [0.15, 0.2) is 0 Å². The van der Waals surface area contributed by atoms with Gasteiger partial charge in [-0.1, -0.05) is 32.1 Å². The minimum Gasteiger partial charge on any atom is -0.391 e. The minimum absolute atomic E-state index is 0.0677. The lowest BCUT2D eigenvalue weighted by atomic mass is 9.82. The molecule has 2 aliphatic rings. The zero-order valence-electron chi connectivity index (χ0n) is 8.34. The third-order valence-electron chi connectivity index (χ3n) is 3.66. The van der Waals surface area contributed by atoms with E-state index in [4.69, 9.17) is 0 Å². The zero-order valence-corrected chi connectivity index (χ0v) is 8.34. The van der Waals surface area contributed by atoms with Crippen molar-refractivity contribution in [2.45, 2.75) is 44.6 Å². The quantitative estimate of drug-likeness (QED) is 0.680.